The molecule has 0 bridgehead atoms. The fourth-order valence-corrected chi connectivity index (χ4v) is 2.70. The van der Waals surface area contributed by atoms with Gasteiger partial charge in [0, 0.05) is 17.5 Å². The fourth-order valence-electron chi connectivity index (χ4n) is 1.91. The van der Waals surface area contributed by atoms with Crippen LogP contribution < -0.4 is 0 Å². The summed E-state index contributed by atoms with van der Waals surface area (Å²) in [6.45, 7) is 1.96. The van der Waals surface area contributed by atoms with Crippen LogP contribution in [-0.2, 0) is 0 Å². The van der Waals surface area contributed by atoms with Crippen LogP contribution in [0.25, 0.3) is 11.3 Å². The van der Waals surface area contributed by atoms with E-state index in [9.17, 15) is 0 Å². The lowest BCUT2D eigenvalue weighted by molar-refractivity contribution is 0.386. The highest BCUT2D eigenvalue weighted by Gasteiger charge is 2.28. The number of hydrogen-bond acceptors (Lipinski definition) is 2. The zero-order valence-corrected chi connectivity index (χ0v) is 10.8. The van der Waals surface area contributed by atoms with Gasteiger partial charge in [-0.25, -0.2) is 0 Å². The van der Waals surface area contributed by atoms with Gasteiger partial charge in [0.15, 0.2) is 0 Å². The van der Waals surface area contributed by atoms with Gasteiger partial charge in [0.05, 0.1) is 10.0 Å². The van der Waals surface area contributed by atoms with Crippen LogP contribution in [0, 0.1) is 6.92 Å². The molecule has 2 aromatic rings. The van der Waals surface area contributed by atoms with Crippen molar-refractivity contribution in [3.05, 3.63) is 39.6 Å². The molecule has 88 valence electrons. The first kappa shape index (κ1) is 11.1. The quantitative estimate of drug-likeness (QED) is 0.779. The lowest BCUT2D eigenvalue weighted by Gasteiger charge is -2.04. The first-order valence-electron chi connectivity index (χ1n) is 5.58. The van der Waals surface area contributed by atoms with Crippen LogP contribution >= 0.6 is 23.2 Å². The van der Waals surface area contributed by atoms with E-state index in [1.807, 2.05) is 25.1 Å². The number of halogens is 2. The van der Waals surface area contributed by atoms with Gasteiger partial charge >= 0.3 is 0 Å². The van der Waals surface area contributed by atoms with Gasteiger partial charge in [-0.1, -0.05) is 28.4 Å². The monoisotopic (exact) mass is 267 g/mol. The molecular formula is C13H11Cl2NO. The van der Waals surface area contributed by atoms with Gasteiger partial charge in [-0.3, -0.25) is 0 Å². The molecule has 0 N–H and O–H groups in total. The zero-order chi connectivity index (χ0) is 12.0. The maximum atomic E-state index is 6.21. The molecule has 1 aromatic carbocycles. The summed E-state index contributed by atoms with van der Waals surface area (Å²) in [6, 6.07) is 5.71. The molecule has 1 saturated carbocycles. The largest absolute Gasteiger partial charge is 0.360 e. The molecule has 0 atom stereocenters. The van der Waals surface area contributed by atoms with Crippen molar-refractivity contribution in [1.29, 1.82) is 0 Å². The van der Waals surface area contributed by atoms with E-state index in [-0.39, 0.29) is 0 Å². The average Bonchev–Trinajstić information content (AvgIpc) is 2.98. The Balaban J connectivity index is 2.07. The summed E-state index contributed by atoms with van der Waals surface area (Å²) in [5, 5.41) is 5.29. The molecule has 1 aromatic heterocycles. The number of aryl methyl sites for hydroxylation is 1. The highest BCUT2D eigenvalue weighted by molar-refractivity contribution is 6.39. The van der Waals surface area contributed by atoms with E-state index in [2.05, 4.69) is 5.16 Å². The van der Waals surface area contributed by atoms with Gasteiger partial charge in [-0.05, 0) is 37.5 Å². The molecule has 0 aliphatic heterocycles. The summed E-state index contributed by atoms with van der Waals surface area (Å²) in [7, 11) is 0. The number of hydrogen-bond donors (Lipinski definition) is 0. The van der Waals surface area contributed by atoms with Crippen molar-refractivity contribution in [2.75, 3.05) is 0 Å². The molecule has 0 amide bonds. The van der Waals surface area contributed by atoms with Crippen molar-refractivity contribution in [2.24, 2.45) is 0 Å². The van der Waals surface area contributed by atoms with Gasteiger partial charge in [-0.2, -0.15) is 0 Å². The van der Waals surface area contributed by atoms with Crippen LogP contribution in [-0.4, -0.2) is 5.16 Å². The smallest absolute Gasteiger partial charge is 0.140 e. The van der Waals surface area contributed by atoms with Crippen LogP contribution in [0.1, 0.15) is 30.1 Å². The van der Waals surface area contributed by atoms with E-state index < -0.39 is 0 Å². The van der Waals surface area contributed by atoms with Crippen molar-refractivity contribution in [3.63, 3.8) is 0 Å². The Hall–Kier alpha value is -0.990. The van der Waals surface area contributed by atoms with E-state index in [1.165, 1.54) is 12.8 Å². The Morgan fingerprint density at radius 3 is 2.41 bits per heavy atom. The van der Waals surface area contributed by atoms with Gasteiger partial charge in [-0.15, -0.1) is 0 Å². The van der Waals surface area contributed by atoms with Crippen molar-refractivity contribution < 1.29 is 4.52 Å². The number of benzene rings is 1. The van der Waals surface area contributed by atoms with Crippen molar-refractivity contribution >= 4 is 23.2 Å². The number of aromatic nitrogens is 1. The lowest BCUT2D eigenvalue weighted by Crippen LogP contribution is -1.83. The fraction of sp³-hybridized carbons (Fsp3) is 0.308. The molecule has 2 nitrogen and oxygen atoms in total. The summed E-state index contributed by atoms with van der Waals surface area (Å²) in [4.78, 5) is 0. The normalized spacial score (nSPS) is 15.2. The predicted octanol–water partition coefficient (Wildman–Crippen LogP) is 4.83. The van der Waals surface area contributed by atoms with Gasteiger partial charge in [0.1, 0.15) is 11.5 Å². The van der Waals surface area contributed by atoms with E-state index in [0.29, 0.717) is 16.0 Å². The third-order valence-electron chi connectivity index (χ3n) is 2.95. The third kappa shape index (κ3) is 2.07. The summed E-state index contributed by atoms with van der Waals surface area (Å²) in [5.74, 6) is 1.48. The van der Waals surface area contributed by atoms with Crippen LogP contribution in [0.15, 0.2) is 22.7 Å². The highest BCUT2D eigenvalue weighted by atomic mass is 35.5. The number of rotatable bonds is 2. The number of nitrogens with zero attached hydrogens (tertiary/aromatic N) is 1. The molecule has 0 saturated heterocycles. The summed E-state index contributed by atoms with van der Waals surface area (Å²) < 4.78 is 5.32. The van der Waals surface area contributed by atoms with Crippen LogP contribution in [0.2, 0.25) is 10.0 Å². The lowest BCUT2D eigenvalue weighted by atomic mass is 10.1. The summed E-state index contributed by atoms with van der Waals surface area (Å²) >= 11 is 12.4. The SMILES string of the molecule is Cc1cc(Cl)c(-c2cc(C3CC3)on2)c(Cl)c1. The van der Waals surface area contributed by atoms with Gasteiger partial charge < -0.3 is 4.52 Å². The first-order valence-corrected chi connectivity index (χ1v) is 6.33. The second-order valence-corrected chi connectivity index (χ2v) is 5.31. The average molecular weight is 268 g/mol. The molecule has 1 heterocycles. The molecule has 1 fully saturated rings. The highest BCUT2D eigenvalue weighted by Crippen LogP contribution is 2.42. The maximum absolute atomic E-state index is 6.21. The second kappa shape index (κ2) is 4.04. The van der Waals surface area contributed by atoms with E-state index in [1.54, 1.807) is 0 Å². The molecule has 0 unspecified atom stereocenters. The van der Waals surface area contributed by atoms with Crippen molar-refractivity contribution in [1.82, 2.24) is 5.16 Å². The Labute approximate surface area is 110 Å². The molecule has 0 radical (unpaired) electrons. The van der Waals surface area contributed by atoms with E-state index in [0.717, 1.165) is 22.6 Å². The minimum atomic E-state index is 0.541. The predicted molar refractivity (Wildman–Crippen MR) is 68.7 cm³/mol. The van der Waals surface area contributed by atoms with E-state index in [4.69, 9.17) is 27.7 Å². The molecule has 4 heteroatoms. The molecule has 3 rings (SSSR count). The molecule has 17 heavy (non-hydrogen) atoms. The van der Waals surface area contributed by atoms with Crippen molar-refractivity contribution in [2.45, 2.75) is 25.7 Å². The first-order chi connectivity index (χ1) is 8.15. The molecule has 1 aliphatic rings. The summed E-state index contributed by atoms with van der Waals surface area (Å²) in [6.07, 6.45) is 2.37. The minimum Gasteiger partial charge on any atom is -0.360 e. The topological polar surface area (TPSA) is 26.0 Å². The molecule has 0 spiro atoms. The second-order valence-electron chi connectivity index (χ2n) is 4.49. The standard InChI is InChI=1S/C13H11Cl2NO/c1-7-4-9(14)13(10(15)5-7)11-6-12(17-16-11)8-2-3-8/h4-6,8H,2-3H2,1H3. The minimum absolute atomic E-state index is 0.541. The van der Waals surface area contributed by atoms with Crippen LogP contribution in [0.4, 0.5) is 0 Å². The summed E-state index contributed by atoms with van der Waals surface area (Å²) in [5.41, 5.74) is 2.52. The third-order valence-corrected chi connectivity index (χ3v) is 3.55. The Bertz CT molecular complexity index is 550. The molecular weight excluding hydrogens is 257 g/mol. The Morgan fingerprint density at radius 2 is 1.82 bits per heavy atom. The zero-order valence-electron chi connectivity index (χ0n) is 9.34. The van der Waals surface area contributed by atoms with E-state index >= 15 is 0 Å². The maximum Gasteiger partial charge on any atom is 0.140 e. The molecule has 1 aliphatic carbocycles. The Morgan fingerprint density at radius 1 is 1.18 bits per heavy atom. The van der Waals surface area contributed by atoms with Crippen molar-refractivity contribution in [3.8, 4) is 11.3 Å². The van der Waals surface area contributed by atoms with Crippen LogP contribution in [0.5, 0.6) is 0 Å². The van der Waals surface area contributed by atoms with Crippen LogP contribution in [0.3, 0.4) is 0 Å². The van der Waals surface area contributed by atoms with Gasteiger partial charge in [0.2, 0.25) is 0 Å². The van der Waals surface area contributed by atoms with Gasteiger partial charge in [0.25, 0.3) is 0 Å². The Kier molecular flexibility index (Phi) is 2.64.